The zero-order valence-corrected chi connectivity index (χ0v) is 15.4. The summed E-state index contributed by atoms with van der Waals surface area (Å²) in [6, 6.07) is 7.41. The molecule has 0 saturated carbocycles. The molecule has 0 radical (unpaired) electrons. The number of hydrogen-bond acceptors (Lipinski definition) is 3. The van der Waals surface area contributed by atoms with Gasteiger partial charge >= 0.3 is 0 Å². The van der Waals surface area contributed by atoms with Gasteiger partial charge in [0.05, 0.1) is 16.7 Å². The van der Waals surface area contributed by atoms with Gasteiger partial charge in [0.2, 0.25) is 0 Å². The van der Waals surface area contributed by atoms with Crippen molar-refractivity contribution in [2.75, 3.05) is 6.54 Å². The lowest BCUT2D eigenvalue weighted by atomic mass is 10.1. The molecule has 0 unspecified atom stereocenters. The van der Waals surface area contributed by atoms with Crippen LogP contribution in [0.5, 0.6) is 0 Å². The van der Waals surface area contributed by atoms with E-state index < -0.39 is 0 Å². The topological polar surface area (TPSA) is 75.6 Å². The van der Waals surface area contributed by atoms with Gasteiger partial charge in [-0.15, -0.1) is 0 Å². The van der Waals surface area contributed by atoms with E-state index in [1.807, 2.05) is 31.2 Å². The minimum atomic E-state index is -0.111. The average Bonchev–Trinajstić information content (AvgIpc) is 3.17. The Morgan fingerprint density at radius 2 is 2.16 bits per heavy atom. The van der Waals surface area contributed by atoms with Crippen molar-refractivity contribution >= 4 is 28.5 Å². The van der Waals surface area contributed by atoms with Gasteiger partial charge in [0.25, 0.3) is 5.91 Å². The first-order valence-corrected chi connectivity index (χ1v) is 8.85. The van der Waals surface area contributed by atoms with Crippen molar-refractivity contribution in [1.82, 2.24) is 25.1 Å². The molecule has 2 N–H and O–H groups in total. The first kappa shape index (κ1) is 17.5. The molecule has 0 fully saturated rings. The normalized spacial score (nSPS) is 11.4. The van der Waals surface area contributed by atoms with Crippen LogP contribution in [-0.2, 0) is 13.0 Å². The quantitative estimate of drug-likeness (QED) is 0.707. The summed E-state index contributed by atoms with van der Waals surface area (Å²) < 4.78 is 1.74. The maximum absolute atomic E-state index is 12.4. The first-order chi connectivity index (χ1) is 12.0. The Morgan fingerprint density at radius 1 is 1.36 bits per heavy atom. The van der Waals surface area contributed by atoms with Crippen LogP contribution in [0.25, 0.3) is 11.0 Å². The molecule has 0 saturated heterocycles. The van der Waals surface area contributed by atoms with Crippen molar-refractivity contribution in [1.29, 1.82) is 0 Å². The summed E-state index contributed by atoms with van der Waals surface area (Å²) in [5, 5.41) is 8.09. The van der Waals surface area contributed by atoms with Crippen LogP contribution in [0.15, 0.2) is 24.3 Å². The number of rotatable bonds is 6. The smallest absolute Gasteiger partial charge is 0.269 e. The average molecular weight is 360 g/mol. The number of aromatic nitrogens is 4. The summed E-state index contributed by atoms with van der Waals surface area (Å²) >= 11 is 5.98. The fraction of sp³-hybridized carbons (Fsp3) is 0.389. The number of aromatic amines is 1. The number of carbonyl (C=O) groups excluding carboxylic acids is 1. The molecule has 132 valence electrons. The Kier molecular flexibility index (Phi) is 5.08. The van der Waals surface area contributed by atoms with Crippen LogP contribution in [0.4, 0.5) is 0 Å². The summed E-state index contributed by atoms with van der Waals surface area (Å²) in [5.41, 5.74) is 3.31. The van der Waals surface area contributed by atoms with Crippen LogP contribution in [0.3, 0.4) is 0 Å². The molecule has 25 heavy (non-hydrogen) atoms. The number of hydrogen-bond donors (Lipinski definition) is 2. The van der Waals surface area contributed by atoms with Crippen LogP contribution < -0.4 is 5.32 Å². The van der Waals surface area contributed by atoms with Gasteiger partial charge in [0.15, 0.2) is 0 Å². The highest BCUT2D eigenvalue weighted by atomic mass is 35.5. The molecular formula is C18H22ClN5O. The molecule has 6 nitrogen and oxygen atoms in total. The highest BCUT2D eigenvalue weighted by Crippen LogP contribution is 2.17. The Hall–Kier alpha value is -2.34. The van der Waals surface area contributed by atoms with Gasteiger partial charge in [0.1, 0.15) is 11.5 Å². The number of aryl methyl sites for hydroxylation is 1. The molecule has 2 heterocycles. The van der Waals surface area contributed by atoms with Crippen LogP contribution >= 0.6 is 11.6 Å². The standard InChI is InChI=1S/C18H22ClN5O/c1-4-24-16(10-14(23-24)11(2)3)18(25)20-8-7-17-21-13-6-5-12(19)9-15(13)22-17/h5-6,9-11H,4,7-8H2,1-3H3,(H,20,25)(H,21,22). The highest BCUT2D eigenvalue weighted by molar-refractivity contribution is 6.31. The van der Waals surface area contributed by atoms with E-state index in [0.29, 0.717) is 36.1 Å². The van der Waals surface area contributed by atoms with E-state index in [2.05, 4.69) is 34.2 Å². The molecular weight excluding hydrogens is 338 g/mol. The summed E-state index contributed by atoms with van der Waals surface area (Å²) in [6.45, 7) is 7.28. The Morgan fingerprint density at radius 3 is 2.88 bits per heavy atom. The number of imidazole rings is 1. The summed E-state index contributed by atoms with van der Waals surface area (Å²) in [5.74, 6) is 1.01. The lowest BCUT2D eigenvalue weighted by Gasteiger charge is -2.05. The number of benzene rings is 1. The van der Waals surface area contributed by atoms with Crippen LogP contribution in [-0.4, -0.2) is 32.2 Å². The summed E-state index contributed by atoms with van der Waals surface area (Å²) in [4.78, 5) is 20.2. The van der Waals surface area contributed by atoms with Gasteiger partial charge in [-0.25, -0.2) is 4.98 Å². The fourth-order valence-corrected chi connectivity index (χ4v) is 2.85. The molecule has 0 aliphatic carbocycles. The molecule has 2 aromatic heterocycles. The van der Waals surface area contributed by atoms with Crippen LogP contribution in [0, 0.1) is 0 Å². The maximum atomic E-state index is 12.4. The number of carbonyl (C=O) groups is 1. The second kappa shape index (κ2) is 7.27. The second-order valence-electron chi connectivity index (χ2n) is 6.28. The molecule has 0 aliphatic heterocycles. The third-order valence-corrected chi connectivity index (χ3v) is 4.30. The molecule has 7 heteroatoms. The Labute approximate surface area is 151 Å². The number of nitrogens with one attached hydrogen (secondary N) is 2. The van der Waals surface area contributed by atoms with Crippen LogP contribution in [0.2, 0.25) is 5.02 Å². The van der Waals surface area contributed by atoms with E-state index in [1.54, 1.807) is 4.68 Å². The van der Waals surface area contributed by atoms with E-state index in [-0.39, 0.29) is 5.91 Å². The zero-order valence-electron chi connectivity index (χ0n) is 14.6. The number of fused-ring (bicyclic) bond motifs is 1. The molecule has 0 atom stereocenters. The molecule has 1 amide bonds. The van der Waals surface area contributed by atoms with Gasteiger partial charge < -0.3 is 10.3 Å². The summed E-state index contributed by atoms with van der Waals surface area (Å²) in [7, 11) is 0. The highest BCUT2D eigenvalue weighted by Gasteiger charge is 2.16. The van der Waals surface area contributed by atoms with Gasteiger partial charge in [-0.05, 0) is 37.1 Å². The second-order valence-corrected chi connectivity index (χ2v) is 6.71. The van der Waals surface area contributed by atoms with E-state index in [1.165, 1.54) is 0 Å². The largest absolute Gasteiger partial charge is 0.350 e. The lowest BCUT2D eigenvalue weighted by Crippen LogP contribution is -2.28. The van der Waals surface area contributed by atoms with Crippen molar-refractivity contribution in [3.05, 3.63) is 46.5 Å². The van der Waals surface area contributed by atoms with Crippen molar-refractivity contribution < 1.29 is 4.79 Å². The molecule has 3 aromatic rings. The van der Waals surface area contributed by atoms with E-state index >= 15 is 0 Å². The molecule has 0 spiro atoms. The van der Waals surface area contributed by atoms with Crippen LogP contribution in [0.1, 0.15) is 48.7 Å². The third-order valence-electron chi connectivity index (χ3n) is 4.06. The third kappa shape index (κ3) is 3.85. The van der Waals surface area contributed by atoms with Crippen molar-refractivity contribution in [2.45, 2.75) is 39.7 Å². The maximum Gasteiger partial charge on any atom is 0.269 e. The predicted molar refractivity (Wildman–Crippen MR) is 99.1 cm³/mol. The van der Waals surface area contributed by atoms with Gasteiger partial charge in [-0.1, -0.05) is 25.4 Å². The Balaban J connectivity index is 1.64. The number of halogens is 1. The minimum absolute atomic E-state index is 0.111. The Bertz CT molecular complexity index is 896. The number of nitrogens with zero attached hydrogens (tertiary/aromatic N) is 3. The molecule has 3 rings (SSSR count). The lowest BCUT2D eigenvalue weighted by molar-refractivity contribution is 0.0943. The van der Waals surface area contributed by atoms with E-state index in [0.717, 1.165) is 22.6 Å². The fourth-order valence-electron chi connectivity index (χ4n) is 2.68. The minimum Gasteiger partial charge on any atom is -0.350 e. The van der Waals surface area contributed by atoms with Crippen molar-refractivity contribution in [3.63, 3.8) is 0 Å². The van der Waals surface area contributed by atoms with Crippen molar-refractivity contribution in [3.8, 4) is 0 Å². The molecule has 0 aliphatic rings. The monoisotopic (exact) mass is 359 g/mol. The summed E-state index contributed by atoms with van der Waals surface area (Å²) in [6.07, 6.45) is 0.620. The van der Waals surface area contributed by atoms with Gasteiger partial charge in [-0.2, -0.15) is 5.10 Å². The molecule has 1 aromatic carbocycles. The van der Waals surface area contributed by atoms with Gasteiger partial charge in [-0.3, -0.25) is 9.48 Å². The van der Waals surface area contributed by atoms with Gasteiger partial charge in [0, 0.05) is 24.5 Å². The predicted octanol–water partition coefficient (Wildman–Crippen LogP) is 3.53. The number of H-pyrrole nitrogens is 1. The van der Waals surface area contributed by atoms with E-state index in [9.17, 15) is 4.79 Å². The van der Waals surface area contributed by atoms with Crippen molar-refractivity contribution in [2.24, 2.45) is 0 Å². The SMILES string of the molecule is CCn1nc(C(C)C)cc1C(=O)NCCc1nc2ccc(Cl)cc2[nH]1. The zero-order chi connectivity index (χ0) is 18.0. The molecule has 0 bridgehead atoms. The van der Waals surface area contributed by atoms with E-state index in [4.69, 9.17) is 11.6 Å². The first-order valence-electron chi connectivity index (χ1n) is 8.48. The number of amides is 1.